The Balaban J connectivity index is 2.45. The highest BCUT2D eigenvalue weighted by Crippen LogP contribution is 2.32. The number of hydrogen-bond donors (Lipinski definition) is 2. The number of anilines is 1. The molecule has 0 spiro atoms. The molecule has 0 aliphatic rings. The average molecular weight is 325 g/mol. The van der Waals surface area contributed by atoms with Gasteiger partial charge in [0.15, 0.2) is 5.75 Å². The molecule has 0 radical (unpaired) electrons. The number of primary amides is 1. The smallest absolute Gasteiger partial charge is 0.252 e. The van der Waals surface area contributed by atoms with Crippen LogP contribution in [-0.2, 0) is 0 Å². The van der Waals surface area contributed by atoms with Crippen molar-refractivity contribution in [1.29, 1.82) is 0 Å². The van der Waals surface area contributed by atoms with Gasteiger partial charge in [0.2, 0.25) is 0 Å². The summed E-state index contributed by atoms with van der Waals surface area (Å²) in [7, 11) is 0. The molecule has 4 N–H and O–H groups in total. The van der Waals surface area contributed by atoms with Gasteiger partial charge in [-0.3, -0.25) is 4.79 Å². The summed E-state index contributed by atoms with van der Waals surface area (Å²) in [6.45, 7) is 0. The zero-order valence-electron chi connectivity index (χ0n) is 9.69. The molecule has 0 aliphatic carbocycles. The Labute approximate surface area is 117 Å². The highest BCUT2D eigenvalue weighted by molar-refractivity contribution is 9.10. The second kappa shape index (κ2) is 5.27. The third-order valence-corrected chi connectivity index (χ3v) is 2.82. The Morgan fingerprint density at radius 2 is 2.00 bits per heavy atom. The molecule has 1 amide bonds. The van der Waals surface area contributed by atoms with Crippen LogP contribution in [0.25, 0.3) is 0 Å². The Morgan fingerprint density at radius 3 is 2.63 bits per heavy atom. The Morgan fingerprint density at radius 1 is 1.26 bits per heavy atom. The lowest BCUT2D eigenvalue weighted by atomic mass is 10.1. The Bertz CT molecular complexity index is 626. The van der Waals surface area contributed by atoms with E-state index in [1.54, 1.807) is 18.2 Å². The normalized spacial score (nSPS) is 10.2. The highest BCUT2D eigenvalue weighted by Gasteiger charge is 2.14. The number of hydrogen-bond acceptors (Lipinski definition) is 3. The van der Waals surface area contributed by atoms with Crippen LogP contribution in [0.4, 0.5) is 10.1 Å². The van der Waals surface area contributed by atoms with Crippen LogP contribution in [-0.4, -0.2) is 5.91 Å². The topological polar surface area (TPSA) is 78.3 Å². The van der Waals surface area contributed by atoms with Gasteiger partial charge in [-0.2, -0.15) is 0 Å². The molecule has 6 heteroatoms. The molecule has 0 fully saturated rings. The second-order valence-electron chi connectivity index (χ2n) is 3.80. The number of ether oxygens (including phenoxy) is 1. The molecule has 19 heavy (non-hydrogen) atoms. The van der Waals surface area contributed by atoms with E-state index in [1.807, 2.05) is 0 Å². The Hall–Kier alpha value is -2.08. The van der Waals surface area contributed by atoms with Gasteiger partial charge in [-0.05, 0) is 24.3 Å². The van der Waals surface area contributed by atoms with Gasteiger partial charge in [-0.1, -0.05) is 22.0 Å². The van der Waals surface area contributed by atoms with Crippen molar-refractivity contribution in [3.05, 3.63) is 52.3 Å². The van der Waals surface area contributed by atoms with Crippen LogP contribution >= 0.6 is 15.9 Å². The van der Waals surface area contributed by atoms with Gasteiger partial charge in [0.05, 0.1) is 11.3 Å². The molecule has 0 saturated carbocycles. The summed E-state index contributed by atoms with van der Waals surface area (Å²) < 4.78 is 19.2. The van der Waals surface area contributed by atoms with Gasteiger partial charge in [-0.15, -0.1) is 0 Å². The van der Waals surface area contributed by atoms with E-state index in [1.165, 1.54) is 18.2 Å². The molecule has 2 rings (SSSR count). The van der Waals surface area contributed by atoms with Crippen molar-refractivity contribution in [2.24, 2.45) is 5.73 Å². The standard InChI is InChI=1S/C13H10BrFN2O2/c14-7-4-8(15)6-9(5-7)19-12-10(13(17)18)2-1-3-11(12)16/h1-6H,16H2,(H2,17,18). The van der Waals surface area contributed by atoms with Crippen LogP contribution in [0.1, 0.15) is 10.4 Å². The number of halogens is 2. The maximum absolute atomic E-state index is 13.3. The maximum atomic E-state index is 13.3. The van der Waals surface area contributed by atoms with Crippen LogP contribution in [0.2, 0.25) is 0 Å². The molecule has 0 atom stereocenters. The van der Waals surface area contributed by atoms with Gasteiger partial charge < -0.3 is 16.2 Å². The molecule has 4 nitrogen and oxygen atoms in total. The predicted octanol–water partition coefficient (Wildman–Crippen LogP) is 3.06. The minimum Gasteiger partial charge on any atom is -0.454 e. The number of nitrogen functional groups attached to an aromatic ring is 1. The van der Waals surface area contributed by atoms with E-state index in [4.69, 9.17) is 16.2 Å². The number of para-hydroxylation sites is 1. The molecule has 2 aromatic rings. The van der Waals surface area contributed by atoms with E-state index < -0.39 is 11.7 Å². The first-order valence-electron chi connectivity index (χ1n) is 5.29. The van der Waals surface area contributed by atoms with Gasteiger partial charge in [0.25, 0.3) is 5.91 Å². The largest absolute Gasteiger partial charge is 0.454 e. The lowest BCUT2D eigenvalue weighted by Gasteiger charge is -2.12. The second-order valence-corrected chi connectivity index (χ2v) is 4.71. The third kappa shape index (κ3) is 3.03. The SMILES string of the molecule is NC(=O)c1cccc(N)c1Oc1cc(F)cc(Br)c1. The number of carbonyl (C=O) groups is 1. The van der Waals surface area contributed by atoms with Crippen LogP contribution < -0.4 is 16.2 Å². The van der Waals surface area contributed by atoms with Gasteiger partial charge in [-0.25, -0.2) is 4.39 Å². The molecule has 0 aromatic heterocycles. The van der Waals surface area contributed by atoms with Crippen LogP contribution in [0.3, 0.4) is 0 Å². The first-order chi connectivity index (χ1) is 8.97. The molecule has 0 bridgehead atoms. The number of carbonyl (C=O) groups excluding carboxylic acids is 1. The van der Waals surface area contributed by atoms with Gasteiger partial charge >= 0.3 is 0 Å². The molecule has 0 aliphatic heterocycles. The lowest BCUT2D eigenvalue weighted by Crippen LogP contribution is -2.13. The monoisotopic (exact) mass is 324 g/mol. The predicted molar refractivity (Wildman–Crippen MR) is 73.5 cm³/mol. The third-order valence-electron chi connectivity index (χ3n) is 2.37. The maximum Gasteiger partial charge on any atom is 0.252 e. The molecule has 0 heterocycles. The summed E-state index contributed by atoms with van der Waals surface area (Å²) in [5.74, 6) is -0.808. The van der Waals surface area contributed by atoms with Crippen molar-refractivity contribution < 1.29 is 13.9 Å². The van der Waals surface area contributed by atoms with Crippen LogP contribution in [0.15, 0.2) is 40.9 Å². The minimum atomic E-state index is -0.669. The lowest BCUT2D eigenvalue weighted by molar-refractivity contribution is 0.0998. The highest BCUT2D eigenvalue weighted by atomic mass is 79.9. The van der Waals surface area contributed by atoms with Crippen molar-refractivity contribution in [1.82, 2.24) is 0 Å². The first-order valence-corrected chi connectivity index (χ1v) is 6.09. The molecule has 98 valence electrons. The van der Waals surface area contributed by atoms with E-state index >= 15 is 0 Å². The summed E-state index contributed by atoms with van der Waals surface area (Å²) in [5, 5.41) is 0. The summed E-state index contributed by atoms with van der Waals surface area (Å²) in [6.07, 6.45) is 0. The molecule has 0 saturated heterocycles. The summed E-state index contributed by atoms with van der Waals surface area (Å²) in [5.41, 5.74) is 11.4. The van der Waals surface area contributed by atoms with Crippen molar-refractivity contribution in [3.63, 3.8) is 0 Å². The van der Waals surface area contributed by atoms with Crippen molar-refractivity contribution >= 4 is 27.5 Å². The molecular weight excluding hydrogens is 315 g/mol. The first kappa shape index (κ1) is 13.4. The number of benzene rings is 2. The fourth-order valence-electron chi connectivity index (χ4n) is 1.57. The van der Waals surface area contributed by atoms with E-state index in [2.05, 4.69) is 15.9 Å². The van der Waals surface area contributed by atoms with Crippen LogP contribution in [0.5, 0.6) is 11.5 Å². The molecule has 2 aromatic carbocycles. The summed E-state index contributed by atoms with van der Waals surface area (Å²) in [6, 6.07) is 8.67. The molecule has 0 unspecified atom stereocenters. The zero-order chi connectivity index (χ0) is 14.0. The quantitative estimate of drug-likeness (QED) is 0.851. The van der Waals surface area contributed by atoms with E-state index in [0.29, 0.717) is 4.47 Å². The zero-order valence-corrected chi connectivity index (χ0v) is 11.3. The van der Waals surface area contributed by atoms with Gasteiger partial charge in [0.1, 0.15) is 11.6 Å². The van der Waals surface area contributed by atoms with Crippen molar-refractivity contribution in [2.45, 2.75) is 0 Å². The fraction of sp³-hybridized carbons (Fsp3) is 0. The summed E-state index contributed by atoms with van der Waals surface area (Å²) >= 11 is 3.15. The van der Waals surface area contributed by atoms with E-state index in [-0.39, 0.29) is 22.7 Å². The Kier molecular flexibility index (Phi) is 3.71. The minimum absolute atomic E-state index is 0.118. The van der Waals surface area contributed by atoms with Crippen molar-refractivity contribution in [3.8, 4) is 11.5 Å². The fourth-order valence-corrected chi connectivity index (χ4v) is 2.01. The average Bonchev–Trinajstić information content (AvgIpc) is 2.30. The van der Waals surface area contributed by atoms with Crippen molar-refractivity contribution in [2.75, 3.05) is 5.73 Å². The molecular formula is C13H10BrFN2O2. The van der Waals surface area contributed by atoms with Gasteiger partial charge in [0, 0.05) is 10.5 Å². The number of nitrogens with two attached hydrogens (primary N) is 2. The van der Waals surface area contributed by atoms with Crippen LogP contribution in [0, 0.1) is 5.82 Å². The van der Waals surface area contributed by atoms with E-state index in [0.717, 1.165) is 0 Å². The van der Waals surface area contributed by atoms with E-state index in [9.17, 15) is 9.18 Å². The number of rotatable bonds is 3. The summed E-state index contributed by atoms with van der Waals surface area (Å²) in [4.78, 5) is 11.3. The number of amides is 1.